The van der Waals surface area contributed by atoms with E-state index in [0.29, 0.717) is 41.7 Å². The third-order valence-corrected chi connectivity index (χ3v) is 7.68. The highest BCUT2D eigenvalue weighted by molar-refractivity contribution is 7.11. The number of aromatic nitrogens is 1. The van der Waals surface area contributed by atoms with Gasteiger partial charge in [0.05, 0.1) is 31.3 Å². The molecule has 12 heteroatoms. The van der Waals surface area contributed by atoms with Crippen LogP contribution >= 0.6 is 22.9 Å². The molecular formula is C25H28ClFN4O5S. The number of carboxylic acid groups (broad SMARTS) is 1. The zero-order valence-corrected chi connectivity index (χ0v) is 22.2. The van der Waals surface area contributed by atoms with Gasteiger partial charge in [-0.3, -0.25) is 14.7 Å². The predicted molar refractivity (Wildman–Crippen MR) is 137 cm³/mol. The van der Waals surface area contributed by atoms with Gasteiger partial charge in [-0.15, -0.1) is 11.3 Å². The molecule has 2 N–H and O–H groups in total. The highest BCUT2D eigenvalue weighted by Crippen LogP contribution is 2.37. The lowest BCUT2D eigenvalue weighted by atomic mass is 9.93. The van der Waals surface area contributed by atoms with Gasteiger partial charge in [0.2, 0.25) is 0 Å². The monoisotopic (exact) mass is 550 g/mol. The van der Waals surface area contributed by atoms with Crippen molar-refractivity contribution in [2.24, 2.45) is 10.9 Å². The highest BCUT2D eigenvalue weighted by Gasteiger charge is 2.37. The van der Waals surface area contributed by atoms with Gasteiger partial charge in [0.15, 0.2) is 10.8 Å². The first-order valence-corrected chi connectivity index (χ1v) is 13.0. The molecule has 0 saturated carbocycles. The van der Waals surface area contributed by atoms with Crippen molar-refractivity contribution < 1.29 is 28.6 Å². The molecule has 2 aliphatic heterocycles. The number of nitrogens with one attached hydrogen (secondary N) is 1. The lowest BCUT2D eigenvalue weighted by Gasteiger charge is -2.42. The van der Waals surface area contributed by atoms with E-state index < -0.39 is 29.7 Å². The summed E-state index contributed by atoms with van der Waals surface area (Å²) in [5, 5.41) is 15.3. The van der Waals surface area contributed by atoms with Crippen LogP contribution in [0.2, 0.25) is 5.02 Å². The second-order valence-electron chi connectivity index (χ2n) is 8.98. The molecule has 37 heavy (non-hydrogen) atoms. The van der Waals surface area contributed by atoms with Crippen molar-refractivity contribution in [3.8, 4) is 0 Å². The number of nitrogens with zero attached hydrogens (tertiary/aromatic N) is 3. The second kappa shape index (κ2) is 11.7. The van der Waals surface area contributed by atoms with Gasteiger partial charge in [-0.1, -0.05) is 24.6 Å². The smallest absolute Gasteiger partial charge is 0.338 e. The van der Waals surface area contributed by atoms with Crippen LogP contribution in [0.15, 0.2) is 46.0 Å². The number of carboxylic acids is 1. The number of ether oxygens (including phenoxy) is 2. The number of carbonyl (C=O) groups excluding carboxylic acids is 1. The molecule has 0 aliphatic carbocycles. The van der Waals surface area contributed by atoms with E-state index in [1.165, 1.54) is 36.6 Å². The lowest BCUT2D eigenvalue weighted by molar-refractivity contribution is -0.143. The number of morpholine rings is 1. The van der Waals surface area contributed by atoms with Gasteiger partial charge in [0.25, 0.3) is 0 Å². The minimum Gasteiger partial charge on any atom is -0.481 e. The van der Waals surface area contributed by atoms with Crippen molar-refractivity contribution in [2.45, 2.75) is 38.5 Å². The summed E-state index contributed by atoms with van der Waals surface area (Å²) < 4.78 is 24.8. The molecule has 4 atom stereocenters. The van der Waals surface area contributed by atoms with E-state index >= 15 is 0 Å². The largest absolute Gasteiger partial charge is 0.481 e. The van der Waals surface area contributed by atoms with Crippen molar-refractivity contribution in [3.05, 3.63) is 62.5 Å². The van der Waals surface area contributed by atoms with Crippen LogP contribution in [0.3, 0.4) is 0 Å². The third-order valence-electron chi connectivity index (χ3n) is 6.57. The summed E-state index contributed by atoms with van der Waals surface area (Å²) in [6.45, 7) is 4.85. The van der Waals surface area contributed by atoms with Gasteiger partial charge in [-0.2, -0.15) is 0 Å². The molecule has 2 aromatic rings. The lowest BCUT2D eigenvalue weighted by Crippen LogP contribution is -2.53. The number of rotatable bonds is 8. The number of aliphatic imine (C=N–C) groups is 1. The van der Waals surface area contributed by atoms with Gasteiger partial charge in [0.1, 0.15) is 11.9 Å². The average molecular weight is 551 g/mol. The van der Waals surface area contributed by atoms with E-state index in [4.69, 9.17) is 26.1 Å². The minimum atomic E-state index is -0.882. The second-order valence-corrected chi connectivity index (χ2v) is 10.3. The Morgan fingerprint density at radius 3 is 2.86 bits per heavy atom. The molecule has 1 unspecified atom stereocenters. The van der Waals surface area contributed by atoms with Gasteiger partial charge in [-0.25, -0.2) is 14.2 Å². The van der Waals surface area contributed by atoms with Gasteiger partial charge < -0.3 is 19.9 Å². The number of methoxy groups -OCH3 is 1. The van der Waals surface area contributed by atoms with Crippen molar-refractivity contribution >= 4 is 40.7 Å². The van der Waals surface area contributed by atoms with Crippen molar-refractivity contribution in [1.29, 1.82) is 0 Å². The first-order valence-electron chi connectivity index (χ1n) is 11.8. The van der Waals surface area contributed by atoms with Crippen LogP contribution in [-0.2, 0) is 19.1 Å². The van der Waals surface area contributed by atoms with Gasteiger partial charge >= 0.3 is 11.9 Å². The summed E-state index contributed by atoms with van der Waals surface area (Å²) in [4.78, 5) is 35.9. The Labute approximate surface area is 223 Å². The number of esters is 1. The summed E-state index contributed by atoms with van der Waals surface area (Å²) in [7, 11) is 1.28. The summed E-state index contributed by atoms with van der Waals surface area (Å²) in [5.74, 6) is -2.13. The topological polar surface area (TPSA) is 113 Å². The zero-order valence-electron chi connectivity index (χ0n) is 20.6. The van der Waals surface area contributed by atoms with Crippen LogP contribution in [0, 0.1) is 11.7 Å². The van der Waals surface area contributed by atoms with Crippen molar-refractivity contribution in [1.82, 2.24) is 15.2 Å². The fourth-order valence-corrected chi connectivity index (χ4v) is 5.46. The first-order chi connectivity index (χ1) is 17.7. The van der Waals surface area contributed by atoms with Crippen LogP contribution in [0.1, 0.15) is 36.9 Å². The molecule has 0 bridgehead atoms. The van der Waals surface area contributed by atoms with Gasteiger partial charge in [-0.05, 0) is 25.5 Å². The zero-order chi connectivity index (χ0) is 26.7. The molecule has 1 saturated heterocycles. The molecule has 0 spiro atoms. The van der Waals surface area contributed by atoms with E-state index in [-0.39, 0.29) is 29.3 Å². The van der Waals surface area contributed by atoms with E-state index in [1.54, 1.807) is 13.1 Å². The van der Waals surface area contributed by atoms with Crippen LogP contribution < -0.4 is 5.32 Å². The molecule has 2 aliphatic rings. The Kier molecular flexibility index (Phi) is 8.58. The Morgan fingerprint density at radius 1 is 1.43 bits per heavy atom. The molecule has 9 nitrogen and oxygen atoms in total. The number of benzene rings is 1. The van der Waals surface area contributed by atoms with Crippen LogP contribution in [-0.4, -0.2) is 71.7 Å². The van der Waals surface area contributed by atoms with Crippen molar-refractivity contribution in [2.75, 3.05) is 26.8 Å². The average Bonchev–Trinajstić information content (AvgIpc) is 3.40. The summed E-state index contributed by atoms with van der Waals surface area (Å²) >= 11 is 7.79. The predicted octanol–water partition coefficient (Wildman–Crippen LogP) is 3.65. The first kappa shape index (κ1) is 27.2. The number of carbonyl (C=O) groups is 2. The van der Waals surface area contributed by atoms with Crippen LogP contribution in [0.25, 0.3) is 0 Å². The standard InChI is InChI=1S/C25H28ClFN4O5S/c1-13(24(32)33)10-19-14(2)36-8-7-31(19)12-18-20(25(34)35-3)21(16-5-4-15(27)11-17(16)26)30-22(29-18)23-28-6-9-37-23/h4-6,9,11,13-14,19,21H,7-8,10,12H2,1-3H3,(H,29,30)(H,32,33)/t13?,14-,19-,21+/m1/s1. The molecule has 0 radical (unpaired) electrons. The summed E-state index contributed by atoms with van der Waals surface area (Å²) in [6, 6.07) is 2.88. The maximum atomic E-state index is 13.9. The number of amidine groups is 1. The SMILES string of the molecule is COC(=O)C1=C(CN2CCO[C@H](C)[C@H]2CC(C)C(=O)O)NC(c2nccs2)=N[C@H]1c1ccc(F)cc1Cl. The Bertz CT molecular complexity index is 1220. The third kappa shape index (κ3) is 6.01. The minimum absolute atomic E-state index is 0.128. The van der Waals surface area contributed by atoms with E-state index in [9.17, 15) is 19.1 Å². The fourth-order valence-electron chi connectivity index (χ4n) is 4.60. The van der Waals surface area contributed by atoms with Gasteiger partial charge in [0, 0.05) is 47.0 Å². The number of aliphatic carboxylic acids is 1. The number of hydrogen-bond donors (Lipinski definition) is 2. The molecule has 4 rings (SSSR count). The highest BCUT2D eigenvalue weighted by atomic mass is 35.5. The molecule has 1 aromatic heterocycles. The number of halogens is 2. The molecular weight excluding hydrogens is 523 g/mol. The quantitative estimate of drug-likeness (QED) is 0.479. The van der Waals surface area contributed by atoms with Crippen molar-refractivity contribution in [3.63, 3.8) is 0 Å². The molecule has 0 amide bonds. The fraction of sp³-hybridized carbons (Fsp3) is 0.440. The Morgan fingerprint density at radius 2 is 2.22 bits per heavy atom. The van der Waals surface area contributed by atoms with E-state index in [2.05, 4.69) is 15.2 Å². The number of thiazole rings is 1. The molecule has 1 aromatic carbocycles. The van der Waals surface area contributed by atoms with Crippen LogP contribution in [0.5, 0.6) is 0 Å². The van der Waals surface area contributed by atoms with Crippen LogP contribution in [0.4, 0.5) is 4.39 Å². The summed E-state index contributed by atoms with van der Waals surface area (Å²) in [5.41, 5.74) is 1.21. The number of hydrogen-bond acceptors (Lipinski definition) is 9. The molecule has 1 fully saturated rings. The molecule has 3 heterocycles. The van der Waals surface area contributed by atoms with E-state index in [1.807, 2.05) is 12.3 Å². The summed E-state index contributed by atoms with van der Waals surface area (Å²) in [6.07, 6.45) is 1.81. The maximum Gasteiger partial charge on any atom is 0.338 e. The Balaban J connectivity index is 1.79. The Hall–Kier alpha value is -2.86. The molecule has 198 valence electrons. The van der Waals surface area contributed by atoms with E-state index in [0.717, 1.165) is 0 Å². The maximum absolute atomic E-state index is 13.9. The normalized spacial score (nSPS) is 23.3.